The minimum Gasteiger partial charge on any atom is -0.361 e. The summed E-state index contributed by atoms with van der Waals surface area (Å²) in [5, 5.41) is 1.29. The van der Waals surface area contributed by atoms with Crippen LogP contribution in [0.3, 0.4) is 0 Å². The highest BCUT2D eigenvalue weighted by Crippen LogP contribution is 2.29. The first kappa shape index (κ1) is 17.6. The van der Waals surface area contributed by atoms with E-state index in [0.29, 0.717) is 24.4 Å². The third kappa shape index (κ3) is 3.52. The molecule has 0 radical (unpaired) electrons. The number of para-hydroxylation sites is 1. The van der Waals surface area contributed by atoms with Crippen molar-refractivity contribution in [2.24, 2.45) is 0 Å². The number of aryl methyl sites for hydroxylation is 1. The molecule has 2 saturated heterocycles. The monoisotopic (exact) mass is 353 g/mol. The van der Waals surface area contributed by atoms with Crippen LogP contribution in [-0.4, -0.2) is 52.9 Å². The van der Waals surface area contributed by atoms with Crippen LogP contribution in [-0.2, 0) is 11.2 Å². The highest BCUT2D eigenvalue weighted by Gasteiger charge is 2.38. The molecule has 1 N–H and O–H groups in total. The number of rotatable bonds is 4. The maximum Gasteiger partial charge on any atom is 0.222 e. The third-order valence-electron chi connectivity index (χ3n) is 6.42. The molecule has 140 valence electrons. The summed E-state index contributed by atoms with van der Waals surface area (Å²) in [6, 6.07) is 9.44. The summed E-state index contributed by atoms with van der Waals surface area (Å²) in [6.07, 6.45) is 10.9. The van der Waals surface area contributed by atoms with E-state index in [-0.39, 0.29) is 0 Å². The van der Waals surface area contributed by atoms with Gasteiger partial charge in [0.1, 0.15) is 0 Å². The van der Waals surface area contributed by atoms with Gasteiger partial charge in [0.15, 0.2) is 0 Å². The molecule has 0 aliphatic carbocycles. The van der Waals surface area contributed by atoms with Crippen LogP contribution < -0.4 is 0 Å². The number of likely N-dealkylation sites (tertiary alicyclic amines) is 2. The molecule has 4 heteroatoms. The maximum atomic E-state index is 12.9. The molecule has 1 aromatic heterocycles. The summed E-state index contributed by atoms with van der Waals surface area (Å²) in [7, 11) is 2.24. The summed E-state index contributed by atoms with van der Waals surface area (Å²) in [5.41, 5.74) is 2.52. The lowest BCUT2D eigenvalue weighted by molar-refractivity contribution is -0.132. The second kappa shape index (κ2) is 7.83. The van der Waals surface area contributed by atoms with Gasteiger partial charge in [0.05, 0.1) is 0 Å². The Balaban J connectivity index is 1.34. The van der Waals surface area contributed by atoms with Gasteiger partial charge in [-0.25, -0.2) is 0 Å². The van der Waals surface area contributed by atoms with E-state index in [9.17, 15) is 4.79 Å². The molecule has 2 aliphatic heterocycles. The molecular formula is C22H31N3O. The number of likely N-dealkylation sites (N-methyl/N-ethyl adjacent to an activating group) is 1. The van der Waals surface area contributed by atoms with E-state index >= 15 is 0 Å². The van der Waals surface area contributed by atoms with Crippen molar-refractivity contribution >= 4 is 16.8 Å². The fraction of sp³-hybridized carbons (Fsp3) is 0.591. The molecule has 4 nitrogen and oxygen atoms in total. The van der Waals surface area contributed by atoms with Gasteiger partial charge in [-0.15, -0.1) is 0 Å². The maximum absolute atomic E-state index is 12.9. The number of nitrogens with zero attached hydrogens (tertiary/aromatic N) is 2. The average Bonchev–Trinajstić information content (AvgIpc) is 3.24. The van der Waals surface area contributed by atoms with E-state index in [1.54, 1.807) is 0 Å². The molecule has 2 fully saturated rings. The van der Waals surface area contributed by atoms with Crippen LogP contribution >= 0.6 is 0 Å². The topological polar surface area (TPSA) is 39.3 Å². The number of fused-ring (bicyclic) bond motifs is 2. The highest BCUT2D eigenvalue weighted by molar-refractivity contribution is 5.83. The molecule has 2 aromatic rings. The van der Waals surface area contributed by atoms with Crippen molar-refractivity contribution in [1.29, 1.82) is 0 Å². The van der Waals surface area contributed by atoms with Crippen molar-refractivity contribution in [3.8, 4) is 0 Å². The van der Waals surface area contributed by atoms with E-state index in [0.717, 1.165) is 25.8 Å². The second-order valence-corrected chi connectivity index (χ2v) is 8.05. The number of carbonyl (C=O) groups is 1. The molecule has 3 heterocycles. The van der Waals surface area contributed by atoms with Crippen molar-refractivity contribution in [3.63, 3.8) is 0 Å². The Morgan fingerprint density at radius 3 is 2.92 bits per heavy atom. The number of aromatic amines is 1. The van der Waals surface area contributed by atoms with Crippen molar-refractivity contribution in [3.05, 3.63) is 36.0 Å². The minimum atomic E-state index is 0.367. The molecule has 1 aromatic carbocycles. The summed E-state index contributed by atoms with van der Waals surface area (Å²) < 4.78 is 0. The van der Waals surface area contributed by atoms with E-state index < -0.39 is 0 Å². The minimum absolute atomic E-state index is 0.367. The lowest BCUT2D eigenvalue weighted by atomic mass is 9.97. The zero-order valence-corrected chi connectivity index (χ0v) is 15.9. The van der Waals surface area contributed by atoms with Crippen LogP contribution in [0.25, 0.3) is 10.9 Å². The van der Waals surface area contributed by atoms with E-state index in [1.807, 2.05) is 0 Å². The van der Waals surface area contributed by atoms with Crippen LogP contribution in [0.2, 0.25) is 0 Å². The normalized spacial score (nSPS) is 24.4. The number of benzene rings is 1. The zero-order valence-electron chi connectivity index (χ0n) is 15.9. The van der Waals surface area contributed by atoms with Crippen molar-refractivity contribution in [1.82, 2.24) is 14.8 Å². The Hall–Kier alpha value is -1.81. The highest BCUT2D eigenvalue weighted by atomic mass is 16.2. The largest absolute Gasteiger partial charge is 0.361 e. The first-order valence-corrected chi connectivity index (χ1v) is 10.3. The quantitative estimate of drug-likeness (QED) is 0.903. The SMILES string of the molecule is CN1CCCCC[C@@H]2[C@@H]1CCN2C(=O)CCCc1c[nH]c2ccccc12. The Morgan fingerprint density at radius 1 is 1.12 bits per heavy atom. The van der Waals surface area contributed by atoms with Gasteiger partial charge in [-0.05, 0) is 57.3 Å². The molecule has 0 saturated carbocycles. The molecule has 0 unspecified atom stereocenters. The van der Waals surface area contributed by atoms with Crippen LogP contribution in [0.1, 0.15) is 50.5 Å². The third-order valence-corrected chi connectivity index (χ3v) is 6.42. The van der Waals surface area contributed by atoms with Gasteiger partial charge in [-0.2, -0.15) is 0 Å². The standard InChI is InChI=1S/C22H31N3O/c1-24-14-6-2-3-11-21-20(24)13-15-25(21)22(26)12-7-8-17-16-23-19-10-5-4-9-18(17)19/h4-5,9-10,16,20-21,23H,2-3,6-8,11-15H2,1H3/t20-,21+/m0/s1. The number of aromatic nitrogens is 1. The number of H-pyrrole nitrogens is 1. The molecule has 4 rings (SSSR count). The van der Waals surface area contributed by atoms with E-state index in [2.05, 4.69) is 52.3 Å². The summed E-state index contributed by atoms with van der Waals surface area (Å²) >= 11 is 0. The molecular weight excluding hydrogens is 322 g/mol. The molecule has 2 aliphatic rings. The van der Waals surface area contributed by atoms with Gasteiger partial charge >= 0.3 is 0 Å². The van der Waals surface area contributed by atoms with Gasteiger partial charge in [0.2, 0.25) is 5.91 Å². The van der Waals surface area contributed by atoms with Gasteiger partial charge in [-0.3, -0.25) is 4.79 Å². The van der Waals surface area contributed by atoms with E-state index in [1.165, 1.54) is 48.7 Å². The van der Waals surface area contributed by atoms with Gasteiger partial charge in [0, 0.05) is 42.1 Å². The molecule has 2 atom stereocenters. The van der Waals surface area contributed by atoms with Crippen molar-refractivity contribution < 1.29 is 4.79 Å². The Bertz CT molecular complexity index is 753. The molecule has 0 bridgehead atoms. The van der Waals surface area contributed by atoms with Crippen molar-refractivity contribution in [2.45, 2.75) is 63.5 Å². The number of hydrogen-bond donors (Lipinski definition) is 1. The van der Waals surface area contributed by atoms with Gasteiger partial charge in [0.25, 0.3) is 0 Å². The van der Waals surface area contributed by atoms with Gasteiger partial charge < -0.3 is 14.8 Å². The lowest BCUT2D eigenvalue weighted by Crippen LogP contribution is -2.46. The average molecular weight is 354 g/mol. The Morgan fingerprint density at radius 2 is 2.00 bits per heavy atom. The fourth-order valence-electron chi connectivity index (χ4n) is 4.98. The predicted molar refractivity (Wildman–Crippen MR) is 106 cm³/mol. The Kier molecular flexibility index (Phi) is 5.30. The molecule has 1 amide bonds. The van der Waals surface area contributed by atoms with Gasteiger partial charge in [-0.1, -0.05) is 31.0 Å². The van der Waals surface area contributed by atoms with Crippen LogP contribution in [0, 0.1) is 0 Å². The van der Waals surface area contributed by atoms with Crippen molar-refractivity contribution in [2.75, 3.05) is 20.1 Å². The lowest BCUT2D eigenvalue weighted by Gasteiger charge is -2.35. The van der Waals surface area contributed by atoms with Crippen LogP contribution in [0.15, 0.2) is 30.5 Å². The molecule has 26 heavy (non-hydrogen) atoms. The first-order chi connectivity index (χ1) is 12.7. The summed E-state index contributed by atoms with van der Waals surface area (Å²) in [5.74, 6) is 0.367. The summed E-state index contributed by atoms with van der Waals surface area (Å²) in [6.45, 7) is 2.13. The number of amides is 1. The smallest absolute Gasteiger partial charge is 0.222 e. The first-order valence-electron chi connectivity index (χ1n) is 10.3. The number of hydrogen-bond acceptors (Lipinski definition) is 2. The fourth-order valence-corrected chi connectivity index (χ4v) is 4.98. The second-order valence-electron chi connectivity index (χ2n) is 8.05. The summed E-state index contributed by atoms with van der Waals surface area (Å²) in [4.78, 5) is 20.9. The predicted octanol–water partition coefficient (Wildman–Crippen LogP) is 3.97. The number of carbonyl (C=O) groups excluding carboxylic acids is 1. The van der Waals surface area contributed by atoms with Crippen LogP contribution in [0.5, 0.6) is 0 Å². The Labute approximate surface area is 156 Å². The zero-order chi connectivity index (χ0) is 17.9. The van der Waals surface area contributed by atoms with E-state index in [4.69, 9.17) is 0 Å². The number of nitrogens with one attached hydrogen (secondary N) is 1. The van der Waals surface area contributed by atoms with Crippen LogP contribution in [0.4, 0.5) is 0 Å². The molecule has 0 spiro atoms.